The highest BCUT2D eigenvalue weighted by atomic mass is 31.1. The lowest BCUT2D eigenvalue weighted by atomic mass is 9.85. The van der Waals surface area contributed by atoms with Crippen LogP contribution in [0.5, 0.6) is 0 Å². The van der Waals surface area contributed by atoms with E-state index in [1.54, 1.807) is 32.9 Å². The Bertz CT molecular complexity index is 2700. The minimum atomic E-state index is -0.554. The first-order valence-electron chi connectivity index (χ1n) is 20.1. The van der Waals surface area contributed by atoms with Crippen molar-refractivity contribution in [3.63, 3.8) is 0 Å². The number of rotatable bonds is 2. The van der Waals surface area contributed by atoms with Gasteiger partial charge in [-0.1, -0.05) is 161 Å². The van der Waals surface area contributed by atoms with Gasteiger partial charge in [-0.05, 0) is 173 Å². The Hall–Kier alpha value is -5.12. The van der Waals surface area contributed by atoms with Gasteiger partial charge in [-0.3, -0.25) is 0 Å². The fraction of sp³-hybridized carbons (Fsp3) is 0.148. The molecule has 0 spiro atoms. The van der Waals surface area contributed by atoms with Crippen LogP contribution in [0.4, 0.5) is 0 Å². The molecule has 2 heteroatoms. The van der Waals surface area contributed by atoms with Crippen LogP contribution in [0, 0.1) is 27.7 Å². The Balaban J connectivity index is 1.15. The zero-order valence-electron chi connectivity index (χ0n) is 32.6. The first kappa shape index (κ1) is 34.2. The Morgan fingerprint density at radius 2 is 0.536 bits per heavy atom. The van der Waals surface area contributed by atoms with Gasteiger partial charge < -0.3 is 0 Å². The average Bonchev–Trinajstić information content (AvgIpc) is 3.53. The molecule has 0 fully saturated rings. The molecule has 0 saturated heterocycles. The molecule has 11 rings (SSSR count). The summed E-state index contributed by atoms with van der Waals surface area (Å²) in [5.74, 6) is 0. The van der Waals surface area contributed by atoms with E-state index in [9.17, 15) is 0 Å². The topological polar surface area (TPSA) is 0 Å². The standard InChI is InChI=1S/C54H44P2/c1-33-25-37-15-5-9-19-41(37)51-45(33)29-55(30-46-34(2)26-38-16-6-10-20-42(38)52(46)51)49-23-13-14-24-50(49)56-31-47-35(3)27-39-17-7-11-21-43(39)53(47)54-44-22-12-8-18-40(44)28-36(4)48(54)32-56/h5-28H,29-32H2,1-4H3. The first-order valence-corrected chi connectivity index (χ1v) is 23.5. The summed E-state index contributed by atoms with van der Waals surface area (Å²) in [6, 6.07) is 56.0. The lowest BCUT2D eigenvalue weighted by molar-refractivity contribution is 1.31. The summed E-state index contributed by atoms with van der Waals surface area (Å²) in [7, 11) is -1.11. The fourth-order valence-electron chi connectivity index (χ4n) is 10.3. The predicted octanol–water partition coefficient (Wildman–Crippen LogP) is 14.5. The highest BCUT2D eigenvalue weighted by Crippen LogP contribution is 2.58. The highest BCUT2D eigenvalue weighted by Gasteiger charge is 2.33. The van der Waals surface area contributed by atoms with Gasteiger partial charge in [-0.25, -0.2) is 0 Å². The average molecular weight is 755 g/mol. The van der Waals surface area contributed by atoms with Crippen LogP contribution in [-0.4, -0.2) is 0 Å². The zero-order valence-corrected chi connectivity index (χ0v) is 34.4. The number of benzene rings is 9. The summed E-state index contributed by atoms with van der Waals surface area (Å²) in [4.78, 5) is 0. The third-order valence-corrected chi connectivity index (χ3v) is 18.1. The largest absolute Gasteiger partial charge is 0.0656 e. The second-order valence-corrected chi connectivity index (χ2v) is 20.7. The molecule has 0 bridgehead atoms. The summed E-state index contributed by atoms with van der Waals surface area (Å²) in [5.41, 5.74) is 17.8. The molecule has 2 heterocycles. The van der Waals surface area contributed by atoms with E-state index in [1.165, 1.54) is 87.6 Å². The molecular weight excluding hydrogens is 711 g/mol. The van der Waals surface area contributed by atoms with Crippen molar-refractivity contribution in [3.8, 4) is 22.3 Å². The van der Waals surface area contributed by atoms with Crippen LogP contribution in [0.3, 0.4) is 0 Å². The molecule has 2 aliphatic rings. The molecule has 270 valence electrons. The van der Waals surface area contributed by atoms with E-state index in [-0.39, 0.29) is 0 Å². The molecule has 0 amide bonds. The smallest absolute Gasteiger partial charge is 0.00206 e. The molecule has 0 aliphatic carbocycles. The summed E-state index contributed by atoms with van der Waals surface area (Å²) < 4.78 is 0. The van der Waals surface area contributed by atoms with Crippen molar-refractivity contribution < 1.29 is 0 Å². The molecule has 0 aromatic heterocycles. The maximum absolute atomic E-state index is 2.54. The Labute approximate surface area is 332 Å². The zero-order chi connectivity index (χ0) is 37.7. The van der Waals surface area contributed by atoms with E-state index >= 15 is 0 Å². The van der Waals surface area contributed by atoms with Gasteiger partial charge in [-0.15, -0.1) is 0 Å². The first-order chi connectivity index (χ1) is 27.4. The van der Waals surface area contributed by atoms with Gasteiger partial charge in [0, 0.05) is 0 Å². The van der Waals surface area contributed by atoms with Gasteiger partial charge in [-0.2, -0.15) is 0 Å². The van der Waals surface area contributed by atoms with Crippen LogP contribution in [0.2, 0.25) is 0 Å². The molecular formula is C54H44P2. The maximum atomic E-state index is 2.54. The Morgan fingerprint density at radius 1 is 0.304 bits per heavy atom. The van der Waals surface area contributed by atoms with E-state index in [0.717, 1.165) is 24.6 Å². The summed E-state index contributed by atoms with van der Waals surface area (Å²) >= 11 is 0. The molecule has 0 saturated carbocycles. The van der Waals surface area contributed by atoms with Crippen LogP contribution < -0.4 is 10.6 Å². The molecule has 56 heavy (non-hydrogen) atoms. The molecule has 9 aromatic carbocycles. The van der Waals surface area contributed by atoms with Gasteiger partial charge in [0.05, 0.1) is 0 Å². The van der Waals surface area contributed by atoms with Gasteiger partial charge in [0.2, 0.25) is 0 Å². The van der Waals surface area contributed by atoms with E-state index in [0.29, 0.717) is 0 Å². The van der Waals surface area contributed by atoms with E-state index in [4.69, 9.17) is 0 Å². The van der Waals surface area contributed by atoms with Gasteiger partial charge in [0.25, 0.3) is 0 Å². The fourth-order valence-corrected chi connectivity index (χ4v) is 16.6. The monoisotopic (exact) mass is 754 g/mol. The minimum absolute atomic E-state index is 0.554. The van der Waals surface area contributed by atoms with Crippen LogP contribution >= 0.6 is 15.8 Å². The second-order valence-electron chi connectivity index (χ2n) is 16.3. The van der Waals surface area contributed by atoms with Crippen LogP contribution in [0.25, 0.3) is 65.3 Å². The summed E-state index contributed by atoms with van der Waals surface area (Å²) in [6.45, 7) is 9.49. The SMILES string of the molecule is Cc1cc2ccccc2c2c1CP(c1ccccc1P1Cc3c(C)cc4ccccc4c3-c3c(c(C)cc4ccccc34)C1)Cc1c(C)cc3ccccc3c1-2. The third kappa shape index (κ3) is 5.27. The van der Waals surface area contributed by atoms with E-state index < -0.39 is 15.8 Å². The van der Waals surface area contributed by atoms with Gasteiger partial charge in [0.15, 0.2) is 0 Å². The van der Waals surface area contributed by atoms with Crippen molar-refractivity contribution in [3.05, 3.63) is 190 Å². The molecule has 0 atom stereocenters. The highest BCUT2D eigenvalue weighted by molar-refractivity contribution is 7.70. The molecule has 9 aromatic rings. The van der Waals surface area contributed by atoms with E-state index in [2.05, 4.69) is 173 Å². The number of hydrogen-bond donors (Lipinski definition) is 0. The molecule has 0 radical (unpaired) electrons. The van der Waals surface area contributed by atoms with Crippen molar-refractivity contribution >= 4 is 69.5 Å². The lowest BCUT2D eigenvalue weighted by Crippen LogP contribution is -2.24. The normalized spacial score (nSPS) is 14.4. The summed E-state index contributed by atoms with van der Waals surface area (Å²) in [5, 5.41) is 14.2. The van der Waals surface area contributed by atoms with Crippen molar-refractivity contribution in [2.24, 2.45) is 0 Å². The molecule has 0 nitrogen and oxygen atoms in total. The van der Waals surface area contributed by atoms with Crippen LogP contribution in [-0.2, 0) is 24.6 Å². The quantitative estimate of drug-likeness (QED) is 0.154. The van der Waals surface area contributed by atoms with Crippen molar-refractivity contribution in [2.75, 3.05) is 0 Å². The maximum Gasteiger partial charge on any atom is -0.00206 e. The molecule has 2 aliphatic heterocycles. The number of aryl methyl sites for hydroxylation is 4. The van der Waals surface area contributed by atoms with Crippen molar-refractivity contribution in [1.82, 2.24) is 0 Å². The Kier molecular flexibility index (Phi) is 8.07. The van der Waals surface area contributed by atoms with E-state index in [1.807, 2.05) is 0 Å². The minimum Gasteiger partial charge on any atom is -0.0656 e. The van der Waals surface area contributed by atoms with Crippen LogP contribution in [0.15, 0.2) is 146 Å². The van der Waals surface area contributed by atoms with Gasteiger partial charge >= 0.3 is 0 Å². The number of hydrogen-bond acceptors (Lipinski definition) is 0. The molecule has 0 N–H and O–H groups in total. The molecule has 0 unspecified atom stereocenters. The second kappa shape index (κ2) is 13.2. The number of fused-ring (bicyclic) bond motifs is 14. The third-order valence-electron chi connectivity index (χ3n) is 13.0. The van der Waals surface area contributed by atoms with Crippen molar-refractivity contribution in [1.29, 1.82) is 0 Å². The van der Waals surface area contributed by atoms with Gasteiger partial charge in [0.1, 0.15) is 0 Å². The lowest BCUT2D eigenvalue weighted by Gasteiger charge is -2.27. The Morgan fingerprint density at radius 3 is 0.804 bits per heavy atom. The van der Waals surface area contributed by atoms with Crippen LogP contribution in [0.1, 0.15) is 44.5 Å². The predicted molar refractivity (Wildman–Crippen MR) is 247 cm³/mol. The van der Waals surface area contributed by atoms with Crippen molar-refractivity contribution in [2.45, 2.75) is 52.3 Å². The summed E-state index contributed by atoms with van der Waals surface area (Å²) in [6.07, 6.45) is 4.41.